The molecule has 26 heavy (non-hydrogen) atoms. The molecule has 0 radical (unpaired) electrons. The Labute approximate surface area is 196 Å². The summed E-state index contributed by atoms with van der Waals surface area (Å²) in [7, 11) is -9.47. The van der Waals surface area contributed by atoms with Gasteiger partial charge in [-0.15, -0.1) is 0 Å². The summed E-state index contributed by atoms with van der Waals surface area (Å²) in [6.45, 7) is 2.00. The number of hydrogen-bond acceptors (Lipinski definition) is 8. The molecule has 8 nitrogen and oxygen atoms in total. The van der Waals surface area contributed by atoms with Gasteiger partial charge in [-0.05, 0) is 30.7 Å². The fourth-order valence-corrected chi connectivity index (χ4v) is 3.20. The van der Waals surface area contributed by atoms with Crippen molar-refractivity contribution in [2.75, 3.05) is 0 Å². The van der Waals surface area contributed by atoms with E-state index in [0.717, 1.165) is 31.4 Å². The van der Waals surface area contributed by atoms with Gasteiger partial charge in [0.2, 0.25) is 10.2 Å². The first kappa shape index (κ1) is 26.4. The van der Waals surface area contributed by atoms with Crippen molar-refractivity contribution in [1.82, 2.24) is 0 Å². The molecular weight excluding hydrogens is 406 g/mol. The number of unbranched alkanes of at least 4 members (excludes halogenated alkanes) is 2. The predicted molar refractivity (Wildman–Crippen MR) is 79.3 cm³/mol. The summed E-state index contributed by atoms with van der Waals surface area (Å²) >= 11 is 0. The van der Waals surface area contributed by atoms with Crippen LogP contribution >= 0.6 is 0 Å². The van der Waals surface area contributed by atoms with Crippen LogP contribution in [-0.2, 0) is 20.2 Å². The summed E-state index contributed by atoms with van der Waals surface area (Å²) < 4.78 is 76.3. The quantitative estimate of drug-likeness (QED) is 0.241. The predicted octanol–water partition coefficient (Wildman–Crippen LogP) is -3.60. The van der Waals surface area contributed by atoms with E-state index < -0.39 is 36.3 Å². The van der Waals surface area contributed by atoms with Gasteiger partial charge in [0, 0.05) is 0 Å². The average Bonchev–Trinajstić information content (AvgIpc) is 3.11. The Balaban J connectivity index is 0.00000312. The smallest absolute Gasteiger partial charge is 0.742 e. The zero-order chi connectivity index (χ0) is 18.0. The van der Waals surface area contributed by atoms with Crippen LogP contribution < -0.4 is 59.1 Å². The van der Waals surface area contributed by atoms with Gasteiger partial charge in [0.1, 0.15) is 11.5 Å². The van der Waals surface area contributed by atoms with E-state index in [1.807, 2.05) is 6.92 Å². The van der Waals surface area contributed by atoms with Crippen LogP contribution in [0, 0.1) is 0 Å². The van der Waals surface area contributed by atoms with Gasteiger partial charge in [0.15, 0.2) is 20.2 Å². The van der Waals surface area contributed by atoms with Crippen LogP contribution in [0.5, 0.6) is 0 Å². The van der Waals surface area contributed by atoms with Crippen molar-refractivity contribution in [1.29, 1.82) is 0 Å². The molecule has 0 aliphatic carbocycles. The van der Waals surface area contributed by atoms with Crippen molar-refractivity contribution in [3.63, 3.8) is 0 Å². The van der Waals surface area contributed by atoms with E-state index in [1.54, 1.807) is 0 Å². The normalized spacial score (nSPS) is 11.8. The molecule has 0 aliphatic rings. The minimum Gasteiger partial charge on any atom is -0.742 e. The standard InChI is InChI=1S/C14H18O8S2.2Na/c1-2-3-4-5-10(11-6-8-13(21-11)23(15,16)17)12-7-9-14(22-12)24(18,19)20;;/h6-10H,2-5H2,1H3,(H,15,16,17)(H,18,19,20);;/q;2*+1/p-2. The molecule has 12 heteroatoms. The van der Waals surface area contributed by atoms with Crippen LogP contribution in [0.15, 0.2) is 43.3 Å². The maximum Gasteiger partial charge on any atom is 1.00 e. The van der Waals surface area contributed by atoms with E-state index in [9.17, 15) is 25.9 Å². The Hall–Kier alpha value is 0.380. The molecule has 0 amide bonds. The van der Waals surface area contributed by atoms with Gasteiger partial charge in [-0.1, -0.05) is 26.2 Å². The molecule has 2 aromatic rings. The van der Waals surface area contributed by atoms with E-state index in [2.05, 4.69) is 0 Å². The number of furan rings is 2. The van der Waals surface area contributed by atoms with Crippen molar-refractivity contribution in [2.45, 2.75) is 48.7 Å². The van der Waals surface area contributed by atoms with Crippen molar-refractivity contribution >= 4 is 20.2 Å². The van der Waals surface area contributed by atoms with Crippen LogP contribution in [0.25, 0.3) is 0 Å². The molecular formula is C14H16Na2O8S2. The summed E-state index contributed by atoms with van der Waals surface area (Å²) in [5, 5.41) is -1.44. The van der Waals surface area contributed by atoms with Gasteiger partial charge in [-0.25, -0.2) is 16.8 Å². The molecule has 0 atom stereocenters. The molecule has 0 aliphatic heterocycles. The van der Waals surface area contributed by atoms with Gasteiger partial charge in [0.05, 0.1) is 5.92 Å². The van der Waals surface area contributed by atoms with Crippen LogP contribution in [-0.4, -0.2) is 25.9 Å². The van der Waals surface area contributed by atoms with E-state index >= 15 is 0 Å². The van der Waals surface area contributed by atoms with Gasteiger partial charge in [0.25, 0.3) is 0 Å². The summed E-state index contributed by atoms with van der Waals surface area (Å²) in [5.41, 5.74) is 0. The van der Waals surface area contributed by atoms with Crippen LogP contribution in [0.2, 0.25) is 0 Å². The monoisotopic (exact) mass is 422 g/mol. The van der Waals surface area contributed by atoms with Crippen molar-refractivity contribution in [3.05, 3.63) is 35.8 Å². The molecule has 0 aromatic carbocycles. The second kappa shape index (κ2) is 10.8. The second-order valence-electron chi connectivity index (χ2n) is 5.27. The third-order valence-corrected chi connectivity index (χ3v) is 4.90. The minimum atomic E-state index is -4.73. The molecule has 0 bridgehead atoms. The fourth-order valence-electron chi connectivity index (χ4n) is 2.34. The summed E-state index contributed by atoms with van der Waals surface area (Å²) in [4.78, 5) is 0. The zero-order valence-electron chi connectivity index (χ0n) is 14.8. The Morgan fingerprint density at radius 3 is 1.58 bits per heavy atom. The first-order valence-electron chi connectivity index (χ1n) is 7.24. The average molecular weight is 422 g/mol. The fraction of sp³-hybridized carbons (Fsp3) is 0.429. The largest absolute Gasteiger partial charge is 1.00 e. The minimum absolute atomic E-state index is 0. The van der Waals surface area contributed by atoms with Crippen LogP contribution in [0.4, 0.5) is 0 Å². The first-order valence-corrected chi connectivity index (χ1v) is 10.1. The number of hydrogen-bond donors (Lipinski definition) is 0. The molecule has 0 saturated carbocycles. The summed E-state index contributed by atoms with van der Waals surface area (Å²) in [6, 6.07) is 4.74. The maximum absolute atomic E-state index is 11.0. The molecule has 0 N–H and O–H groups in total. The van der Waals surface area contributed by atoms with Crippen LogP contribution in [0.1, 0.15) is 50.0 Å². The zero-order valence-corrected chi connectivity index (χ0v) is 20.4. The van der Waals surface area contributed by atoms with Gasteiger partial charge in [-0.2, -0.15) is 0 Å². The molecule has 134 valence electrons. The Morgan fingerprint density at radius 1 is 0.846 bits per heavy atom. The van der Waals surface area contributed by atoms with E-state index in [1.165, 1.54) is 12.1 Å². The van der Waals surface area contributed by atoms with Crippen molar-refractivity contribution in [3.8, 4) is 0 Å². The molecule has 2 aromatic heterocycles. The third-order valence-electron chi connectivity index (χ3n) is 3.48. The molecule has 0 spiro atoms. The summed E-state index contributed by atoms with van der Waals surface area (Å²) in [5.74, 6) is -0.281. The third kappa shape index (κ3) is 7.08. The number of rotatable bonds is 8. The van der Waals surface area contributed by atoms with Gasteiger partial charge in [-0.3, -0.25) is 0 Å². The van der Waals surface area contributed by atoms with Crippen molar-refractivity contribution in [2.24, 2.45) is 0 Å². The Bertz CT molecular complexity index is 829. The van der Waals surface area contributed by atoms with E-state index in [-0.39, 0.29) is 70.6 Å². The van der Waals surface area contributed by atoms with E-state index in [0.29, 0.717) is 6.42 Å². The molecule has 0 fully saturated rings. The van der Waals surface area contributed by atoms with Crippen LogP contribution in [0.3, 0.4) is 0 Å². The summed E-state index contributed by atoms with van der Waals surface area (Å²) in [6.07, 6.45) is 3.04. The topological polar surface area (TPSA) is 141 Å². The Kier molecular flexibility index (Phi) is 11.0. The van der Waals surface area contributed by atoms with Gasteiger partial charge >= 0.3 is 59.1 Å². The Morgan fingerprint density at radius 2 is 1.27 bits per heavy atom. The molecule has 0 saturated heterocycles. The second-order valence-corrected chi connectivity index (χ2v) is 7.89. The molecule has 2 rings (SSSR count). The maximum atomic E-state index is 11.0. The first-order chi connectivity index (χ1) is 11.1. The molecule has 0 unspecified atom stereocenters. The van der Waals surface area contributed by atoms with E-state index in [4.69, 9.17) is 8.83 Å². The SMILES string of the molecule is CCCCCC(c1ccc(S(=O)(=O)[O-])o1)c1ccc(S(=O)(=O)[O-])o1.[Na+].[Na+]. The van der Waals surface area contributed by atoms with Gasteiger partial charge < -0.3 is 17.9 Å². The molecule has 2 heterocycles. The van der Waals surface area contributed by atoms with Crippen molar-refractivity contribution < 1.29 is 93.9 Å².